The lowest BCUT2D eigenvalue weighted by molar-refractivity contribution is -0.121. The van der Waals surface area contributed by atoms with Crippen molar-refractivity contribution < 1.29 is 13.2 Å². The van der Waals surface area contributed by atoms with Gasteiger partial charge in [0.05, 0.1) is 4.90 Å². The Labute approximate surface area is 140 Å². The molecule has 0 radical (unpaired) electrons. The number of anilines is 1. The summed E-state index contributed by atoms with van der Waals surface area (Å²) < 4.78 is 27.3. The zero-order valence-electron chi connectivity index (χ0n) is 13.7. The van der Waals surface area contributed by atoms with Crippen LogP contribution in [0.4, 0.5) is 5.69 Å². The fraction of sp³-hybridized carbons (Fsp3) is 0.400. The normalized spacial score (nSPS) is 15.6. The summed E-state index contributed by atoms with van der Waals surface area (Å²) in [6, 6.07) is 4.43. The number of fused-ring (bicyclic) bond motifs is 1. The Bertz CT molecular complexity index is 861. The molecule has 0 spiro atoms. The van der Waals surface area contributed by atoms with Crippen molar-refractivity contribution in [3.63, 3.8) is 0 Å². The van der Waals surface area contributed by atoms with Gasteiger partial charge in [-0.25, -0.2) is 22.4 Å². The molecule has 0 N–H and O–H groups in total. The Kier molecular flexibility index (Phi) is 4.14. The topological polar surface area (TPSA) is 88.4 Å². The largest absolute Gasteiger partial charge is 0.310 e. The maximum Gasteiger partial charge on any atom is 0.251 e. The fourth-order valence-electron chi connectivity index (χ4n) is 2.72. The molecule has 1 aliphatic rings. The summed E-state index contributed by atoms with van der Waals surface area (Å²) in [7, 11) is -0.574. The second kappa shape index (κ2) is 5.99. The summed E-state index contributed by atoms with van der Waals surface area (Å²) >= 11 is 0. The second-order valence-electron chi connectivity index (χ2n) is 5.87. The molecule has 0 bridgehead atoms. The number of hydrogen-bond donors (Lipinski definition) is 0. The van der Waals surface area contributed by atoms with Crippen LogP contribution in [0.1, 0.15) is 18.5 Å². The van der Waals surface area contributed by atoms with E-state index in [1.165, 1.54) is 31.4 Å². The van der Waals surface area contributed by atoms with Crippen molar-refractivity contribution in [3.05, 3.63) is 36.4 Å². The molecule has 1 aliphatic heterocycles. The molecular formula is C15H19N5O3S. The first-order valence-corrected chi connectivity index (χ1v) is 8.97. The van der Waals surface area contributed by atoms with Crippen LogP contribution in [0.25, 0.3) is 0 Å². The second-order valence-corrected chi connectivity index (χ2v) is 8.02. The highest BCUT2D eigenvalue weighted by molar-refractivity contribution is 7.89. The third-order valence-corrected chi connectivity index (χ3v) is 6.00. The Morgan fingerprint density at radius 3 is 2.71 bits per heavy atom. The third-order valence-electron chi connectivity index (χ3n) is 4.19. The van der Waals surface area contributed by atoms with Gasteiger partial charge in [0.2, 0.25) is 10.0 Å². The smallest absolute Gasteiger partial charge is 0.251 e. The van der Waals surface area contributed by atoms with E-state index in [2.05, 4.69) is 10.1 Å². The van der Waals surface area contributed by atoms with Crippen LogP contribution in [-0.2, 0) is 21.2 Å². The van der Waals surface area contributed by atoms with Crippen molar-refractivity contribution in [1.29, 1.82) is 0 Å². The van der Waals surface area contributed by atoms with Gasteiger partial charge in [-0.05, 0) is 31.0 Å². The SMILES string of the molecule is CC(C(=O)N1CCc2ccc(S(=O)(=O)N(C)C)cc21)n1cncn1. The van der Waals surface area contributed by atoms with Crippen molar-refractivity contribution in [3.8, 4) is 0 Å². The standard InChI is InChI=1S/C15H19N5O3S/c1-11(20-10-16-9-17-20)15(21)19-7-6-12-4-5-13(8-14(12)19)24(22,23)18(2)3/h4-5,8-11H,6-7H2,1-3H3. The molecule has 0 saturated heterocycles. The van der Waals surface area contributed by atoms with Gasteiger partial charge < -0.3 is 4.90 Å². The van der Waals surface area contributed by atoms with Gasteiger partial charge in [0.1, 0.15) is 18.7 Å². The number of aromatic nitrogens is 3. The van der Waals surface area contributed by atoms with Gasteiger partial charge in [-0.3, -0.25) is 4.79 Å². The van der Waals surface area contributed by atoms with E-state index in [1.807, 2.05) is 0 Å². The van der Waals surface area contributed by atoms with Gasteiger partial charge in [-0.15, -0.1) is 0 Å². The number of sulfonamides is 1. The van der Waals surface area contributed by atoms with Gasteiger partial charge in [-0.1, -0.05) is 6.07 Å². The maximum atomic E-state index is 12.8. The van der Waals surface area contributed by atoms with E-state index in [-0.39, 0.29) is 10.8 Å². The molecule has 1 unspecified atom stereocenters. The lowest BCUT2D eigenvalue weighted by Crippen LogP contribution is -2.35. The minimum absolute atomic E-state index is 0.140. The molecular weight excluding hydrogens is 330 g/mol. The average Bonchev–Trinajstić information content (AvgIpc) is 3.22. The molecule has 0 aliphatic carbocycles. The first-order valence-electron chi connectivity index (χ1n) is 7.53. The van der Waals surface area contributed by atoms with Crippen LogP contribution in [0.15, 0.2) is 35.7 Å². The number of benzene rings is 1. The molecule has 1 aromatic heterocycles. The number of hydrogen-bond acceptors (Lipinski definition) is 5. The Morgan fingerprint density at radius 2 is 2.08 bits per heavy atom. The molecule has 1 atom stereocenters. The van der Waals surface area contributed by atoms with Crippen molar-refractivity contribution in [2.45, 2.75) is 24.3 Å². The number of nitrogens with zero attached hydrogens (tertiary/aromatic N) is 5. The first kappa shape index (κ1) is 16.6. The highest BCUT2D eigenvalue weighted by atomic mass is 32.2. The van der Waals surface area contributed by atoms with E-state index in [0.717, 1.165) is 9.87 Å². The minimum atomic E-state index is -3.54. The lowest BCUT2D eigenvalue weighted by Gasteiger charge is -2.22. The van der Waals surface area contributed by atoms with Crippen LogP contribution in [-0.4, -0.2) is 54.0 Å². The highest BCUT2D eigenvalue weighted by Crippen LogP contribution is 2.32. The van der Waals surface area contributed by atoms with Crippen LogP contribution in [0.2, 0.25) is 0 Å². The van der Waals surface area contributed by atoms with E-state index in [9.17, 15) is 13.2 Å². The van der Waals surface area contributed by atoms with E-state index < -0.39 is 16.1 Å². The predicted octanol–water partition coefficient (Wildman–Crippen LogP) is 0.679. The van der Waals surface area contributed by atoms with Gasteiger partial charge >= 0.3 is 0 Å². The molecule has 0 fully saturated rings. The van der Waals surface area contributed by atoms with Crippen molar-refractivity contribution in [1.82, 2.24) is 19.1 Å². The lowest BCUT2D eigenvalue weighted by atomic mass is 10.2. The predicted molar refractivity (Wildman–Crippen MR) is 88.1 cm³/mol. The molecule has 0 saturated carbocycles. The van der Waals surface area contributed by atoms with Crippen molar-refractivity contribution >= 4 is 21.6 Å². The molecule has 1 aromatic carbocycles. The number of amides is 1. The summed E-state index contributed by atoms with van der Waals surface area (Å²) in [4.78, 5) is 18.4. The summed E-state index contributed by atoms with van der Waals surface area (Å²) in [6.07, 6.45) is 3.57. The molecule has 9 heteroatoms. The van der Waals surface area contributed by atoms with Crippen LogP contribution in [0, 0.1) is 0 Å². The number of carbonyl (C=O) groups excluding carboxylic acids is 1. The Hall–Kier alpha value is -2.26. The number of carbonyl (C=O) groups is 1. The molecule has 24 heavy (non-hydrogen) atoms. The van der Waals surface area contributed by atoms with E-state index in [4.69, 9.17) is 0 Å². The average molecular weight is 349 g/mol. The van der Waals surface area contributed by atoms with Crippen molar-refractivity contribution in [2.24, 2.45) is 0 Å². The van der Waals surface area contributed by atoms with E-state index in [1.54, 1.807) is 30.0 Å². The fourth-order valence-corrected chi connectivity index (χ4v) is 3.64. The monoisotopic (exact) mass is 349 g/mol. The van der Waals surface area contributed by atoms with Crippen molar-refractivity contribution in [2.75, 3.05) is 25.5 Å². The molecule has 3 rings (SSSR count). The molecule has 128 valence electrons. The van der Waals surface area contributed by atoms with Crippen LogP contribution in [0.5, 0.6) is 0 Å². The van der Waals surface area contributed by atoms with E-state index >= 15 is 0 Å². The van der Waals surface area contributed by atoms with E-state index in [0.29, 0.717) is 18.7 Å². The van der Waals surface area contributed by atoms with Gasteiger partial charge in [0.25, 0.3) is 5.91 Å². The number of rotatable bonds is 4. The van der Waals surface area contributed by atoms with Crippen LogP contribution < -0.4 is 4.90 Å². The summed E-state index contributed by atoms with van der Waals surface area (Å²) in [5.74, 6) is -0.140. The zero-order chi connectivity index (χ0) is 17.5. The molecule has 8 nitrogen and oxygen atoms in total. The molecule has 1 amide bonds. The van der Waals surface area contributed by atoms with Crippen LogP contribution in [0.3, 0.4) is 0 Å². The Morgan fingerprint density at radius 1 is 1.33 bits per heavy atom. The Balaban J connectivity index is 1.95. The molecule has 2 heterocycles. The van der Waals surface area contributed by atoms with Crippen LogP contribution >= 0.6 is 0 Å². The highest BCUT2D eigenvalue weighted by Gasteiger charge is 2.31. The third kappa shape index (κ3) is 2.69. The van der Waals surface area contributed by atoms with Gasteiger partial charge in [0.15, 0.2) is 0 Å². The zero-order valence-corrected chi connectivity index (χ0v) is 14.6. The van der Waals surface area contributed by atoms with Gasteiger partial charge in [0, 0.05) is 26.3 Å². The summed E-state index contributed by atoms with van der Waals surface area (Å²) in [5.41, 5.74) is 1.61. The quantitative estimate of drug-likeness (QED) is 0.810. The van der Waals surface area contributed by atoms with Gasteiger partial charge in [-0.2, -0.15) is 5.10 Å². The molecule has 2 aromatic rings. The maximum absolute atomic E-state index is 12.8. The first-order chi connectivity index (χ1) is 11.3. The minimum Gasteiger partial charge on any atom is -0.310 e. The summed E-state index contributed by atoms with van der Waals surface area (Å²) in [6.45, 7) is 2.27. The summed E-state index contributed by atoms with van der Waals surface area (Å²) in [5, 5.41) is 4.00.